The SMILES string of the molecule is Cc1nc(C2(NC(=O)c3ccc(SCc4cn5ccccc5n4)cc3)CCCC2)no1. The summed E-state index contributed by atoms with van der Waals surface area (Å²) in [4.78, 5) is 23.1. The van der Waals surface area contributed by atoms with Crippen LogP contribution in [0.1, 0.15) is 53.5 Å². The molecule has 1 aromatic carbocycles. The largest absolute Gasteiger partial charge is 0.340 e. The number of hydrogen-bond acceptors (Lipinski definition) is 6. The molecule has 1 aliphatic rings. The lowest BCUT2D eigenvalue weighted by atomic mass is 9.96. The number of hydrogen-bond donors (Lipinski definition) is 1. The van der Waals surface area contributed by atoms with Gasteiger partial charge in [0, 0.05) is 35.5 Å². The molecular formula is C23H23N5O2S. The summed E-state index contributed by atoms with van der Waals surface area (Å²) in [5.74, 6) is 1.76. The van der Waals surface area contributed by atoms with Crippen LogP contribution in [-0.2, 0) is 11.3 Å². The van der Waals surface area contributed by atoms with Crippen LogP contribution in [0.3, 0.4) is 0 Å². The molecule has 0 unspecified atom stereocenters. The topological polar surface area (TPSA) is 85.3 Å². The van der Waals surface area contributed by atoms with E-state index in [1.165, 1.54) is 0 Å². The maximum absolute atomic E-state index is 13.0. The second-order valence-electron chi connectivity index (χ2n) is 7.89. The zero-order valence-electron chi connectivity index (χ0n) is 17.2. The van der Waals surface area contributed by atoms with Gasteiger partial charge in [0.2, 0.25) is 5.89 Å². The molecule has 3 heterocycles. The quantitative estimate of drug-likeness (QED) is 0.450. The molecule has 158 valence electrons. The summed E-state index contributed by atoms with van der Waals surface area (Å²) in [6.45, 7) is 1.77. The Morgan fingerprint density at radius 3 is 2.68 bits per heavy atom. The molecule has 1 saturated carbocycles. The van der Waals surface area contributed by atoms with Gasteiger partial charge in [-0.3, -0.25) is 4.79 Å². The number of aromatic nitrogens is 4. The number of nitrogens with one attached hydrogen (secondary N) is 1. The summed E-state index contributed by atoms with van der Waals surface area (Å²) >= 11 is 1.70. The number of carbonyl (C=O) groups is 1. The Bertz CT molecular complexity index is 1180. The van der Waals surface area contributed by atoms with Crippen molar-refractivity contribution in [1.82, 2.24) is 24.8 Å². The molecule has 31 heavy (non-hydrogen) atoms. The Morgan fingerprint density at radius 2 is 1.97 bits per heavy atom. The van der Waals surface area contributed by atoms with Gasteiger partial charge in [0.1, 0.15) is 11.2 Å². The van der Waals surface area contributed by atoms with Crippen molar-refractivity contribution in [3.05, 3.63) is 77.8 Å². The highest BCUT2D eigenvalue weighted by molar-refractivity contribution is 7.98. The van der Waals surface area contributed by atoms with Crippen LogP contribution in [0.4, 0.5) is 0 Å². The number of amides is 1. The molecule has 8 heteroatoms. The second-order valence-corrected chi connectivity index (χ2v) is 8.94. The van der Waals surface area contributed by atoms with Crippen LogP contribution in [0.5, 0.6) is 0 Å². The molecule has 7 nitrogen and oxygen atoms in total. The van der Waals surface area contributed by atoms with E-state index in [4.69, 9.17) is 4.52 Å². The molecule has 4 aromatic rings. The van der Waals surface area contributed by atoms with Crippen LogP contribution >= 0.6 is 11.8 Å². The van der Waals surface area contributed by atoms with Gasteiger partial charge in [-0.1, -0.05) is 24.1 Å². The van der Waals surface area contributed by atoms with Crippen LogP contribution in [0.15, 0.2) is 64.3 Å². The number of benzene rings is 1. The van der Waals surface area contributed by atoms with E-state index in [1.807, 2.05) is 59.3 Å². The molecule has 1 N–H and O–H groups in total. The standard InChI is InChI=1S/C23H23N5O2S/c1-16-24-22(27-30-16)23(11-3-4-12-23)26-21(29)17-7-9-19(10-8-17)31-15-18-14-28-13-5-2-6-20(28)25-18/h2,5-10,13-14H,3-4,11-12,15H2,1H3,(H,26,29). The number of aryl methyl sites for hydroxylation is 1. The van der Waals surface area contributed by atoms with E-state index in [0.717, 1.165) is 47.7 Å². The lowest BCUT2D eigenvalue weighted by Gasteiger charge is -2.26. The summed E-state index contributed by atoms with van der Waals surface area (Å²) in [5.41, 5.74) is 2.06. The first-order chi connectivity index (χ1) is 15.1. The maximum atomic E-state index is 13.0. The zero-order valence-corrected chi connectivity index (χ0v) is 18.1. The van der Waals surface area contributed by atoms with Crippen molar-refractivity contribution in [3.63, 3.8) is 0 Å². The first kappa shape index (κ1) is 19.8. The predicted molar refractivity (Wildman–Crippen MR) is 118 cm³/mol. The number of rotatable bonds is 6. The molecule has 5 rings (SSSR count). The molecule has 0 saturated heterocycles. The van der Waals surface area contributed by atoms with E-state index in [-0.39, 0.29) is 5.91 Å². The Kier molecular flexibility index (Phi) is 5.23. The van der Waals surface area contributed by atoms with Crippen molar-refractivity contribution in [3.8, 4) is 0 Å². The minimum Gasteiger partial charge on any atom is -0.340 e. The molecule has 1 fully saturated rings. The van der Waals surface area contributed by atoms with Gasteiger partial charge in [-0.05, 0) is 49.2 Å². The Labute approximate surface area is 184 Å². The number of carbonyl (C=O) groups excluding carboxylic acids is 1. The van der Waals surface area contributed by atoms with Crippen molar-refractivity contribution in [2.24, 2.45) is 0 Å². The number of nitrogens with zero attached hydrogens (tertiary/aromatic N) is 4. The lowest BCUT2D eigenvalue weighted by molar-refractivity contribution is 0.0892. The third-order valence-corrected chi connectivity index (χ3v) is 6.73. The molecule has 0 atom stereocenters. The molecule has 1 amide bonds. The summed E-state index contributed by atoms with van der Waals surface area (Å²) < 4.78 is 7.19. The van der Waals surface area contributed by atoms with Crippen LogP contribution in [0, 0.1) is 6.92 Å². The minimum atomic E-state index is -0.536. The fraction of sp³-hybridized carbons (Fsp3) is 0.304. The molecular weight excluding hydrogens is 410 g/mol. The van der Waals surface area contributed by atoms with Gasteiger partial charge in [0.25, 0.3) is 5.91 Å². The van der Waals surface area contributed by atoms with Crippen LogP contribution < -0.4 is 5.32 Å². The fourth-order valence-corrected chi connectivity index (χ4v) is 4.86. The molecule has 3 aromatic heterocycles. The second kappa shape index (κ2) is 8.19. The lowest BCUT2D eigenvalue weighted by Crippen LogP contribution is -2.44. The number of pyridine rings is 1. The van der Waals surface area contributed by atoms with Gasteiger partial charge in [-0.2, -0.15) is 4.98 Å². The van der Waals surface area contributed by atoms with E-state index in [9.17, 15) is 4.79 Å². The number of fused-ring (bicyclic) bond motifs is 1. The molecule has 1 aliphatic carbocycles. The van der Waals surface area contributed by atoms with Gasteiger partial charge < -0.3 is 14.2 Å². The van der Waals surface area contributed by atoms with Crippen LogP contribution in [-0.4, -0.2) is 25.4 Å². The summed E-state index contributed by atoms with van der Waals surface area (Å²) in [6.07, 6.45) is 7.76. The highest BCUT2D eigenvalue weighted by atomic mass is 32.2. The summed E-state index contributed by atoms with van der Waals surface area (Å²) in [6, 6.07) is 13.7. The normalized spacial score (nSPS) is 15.4. The molecule has 0 aliphatic heterocycles. The molecule has 0 bridgehead atoms. The minimum absolute atomic E-state index is 0.110. The highest BCUT2D eigenvalue weighted by Gasteiger charge is 2.41. The Balaban J connectivity index is 1.25. The highest BCUT2D eigenvalue weighted by Crippen LogP contribution is 2.37. The summed E-state index contributed by atoms with van der Waals surface area (Å²) in [5, 5.41) is 7.27. The van der Waals surface area contributed by atoms with Gasteiger partial charge >= 0.3 is 0 Å². The van der Waals surface area contributed by atoms with E-state index < -0.39 is 5.54 Å². The Hall–Kier alpha value is -3.13. The third kappa shape index (κ3) is 4.07. The van der Waals surface area contributed by atoms with Gasteiger partial charge in [-0.15, -0.1) is 11.8 Å². The van der Waals surface area contributed by atoms with Crippen molar-refractivity contribution < 1.29 is 9.32 Å². The Morgan fingerprint density at radius 1 is 1.16 bits per heavy atom. The average Bonchev–Trinajstić information content (AvgIpc) is 3.52. The van der Waals surface area contributed by atoms with Crippen molar-refractivity contribution in [2.75, 3.05) is 0 Å². The van der Waals surface area contributed by atoms with Crippen molar-refractivity contribution >= 4 is 23.3 Å². The van der Waals surface area contributed by atoms with Gasteiger partial charge in [0.15, 0.2) is 5.82 Å². The third-order valence-electron chi connectivity index (χ3n) is 5.68. The van der Waals surface area contributed by atoms with E-state index in [2.05, 4.69) is 20.4 Å². The van der Waals surface area contributed by atoms with Crippen molar-refractivity contribution in [2.45, 2.75) is 48.8 Å². The van der Waals surface area contributed by atoms with E-state index in [1.54, 1.807) is 18.7 Å². The van der Waals surface area contributed by atoms with E-state index in [0.29, 0.717) is 17.3 Å². The first-order valence-corrected chi connectivity index (χ1v) is 11.4. The number of thioether (sulfide) groups is 1. The fourth-order valence-electron chi connectivity index (χ4n) is 4.08. The average molecular weight is 434 g/mol. The monoisotopic (exact) mass is 433 g/mol. The smallest absolute Gasteiger partial charge is 0.252 e. The van der Waals surface area contributed by atoms with Crippen LogP contribution in [0.2, 0.25) is 0 Å². The van der Waals surface area contributed by atoms with Gasteiger partial charge in [-0.25, -0.2) is 4.98 Å². The zero-order chi connectivity index (χ0) is 21.3. The molecule has 0 spiro atoms. The molecule has 0 radical (unpaired) electrons. The first-order valence-electron chi connectivity index (χ1n) is 10.4. The number of imidazole rings is 1. The maximum Gasteiger partial charge on any atom is 0.252 e. The van der Waals surface area contributed by atoms with Crippen LogP contribution in [0.25, 0.3) is 5.65 Å². The predicted octanol–water partition coefficient (Wildman–Crippen LogP) is 4.52. The van der Waals surface area contributed by atoms with Crippen molar-refractivity contribution in [1.29, 1.82) is 0 Å². The summed E-state index contributed by atoms with van der Waals surface area (Å²) in [7, 11) is 0. The van der Waals surface area contributed by atoms with Gasteiger partial charge in [0.05, 0.1) is 5.69 Å². The van der Waals surface area contributed by atoms with E-state index >= 15 is 0 Å².